The first kappa shape index (κ1) is 11.6. The first-order valence-electron chi connectivity index (χ1n) is 6.88. The number of rotatable bonds is 1. The van der Waals surface area contributed by atoms with E-state index in [0.29, 0.717) is 12.0 Å². The lowest BCUT2D eigenvalue weighted by Crippen LogP contribution is -2.48. The van der Waals surface area contributed by atoms with E-state index in [2.05, 4.69) is 14.5 Å². The van der Waals surface area contributed by atoms with Crippen LogP contribution in [0.15, 0.2) is 18.2 Å². The summed E-state index contributed by atoms with van der Waals surface area (Å²) in [5.41, 5.74) is 8.17. The number of fused-ring (bicyclic) bond motifs is 4. The molecule has 3 fully saturated rings. The van der Waals surface area contributed by atoms with Crippen molar-refractivity contribution in [2.24, 2.45) is 5.92 Å². The molecule has 1 unspecified atom stereocenters. The highest BCUT2D eigenvalue weighted by Crippen LogP contribution is 2.39. The molecule has 3 aliphatic heterocycles. The van der Waals surface area contributed by atoms with Crippen LogP contribution < -0.4 is 5.73 Å². The predicted octanol–water partition coefficient (Wildman–Crippen LogP) is 2.54. The lowest BCUT2D eigenvalue weighted by molar-refractivity contribution is 0.0598. The van der Waals surface area contributed by atoms with Gasteiger partial charge in [0.1, 0.15) is 0 Å². The fourth-order valence-electron chi connectivity index (χ4n) is 3.66. The number of nitrogen functional groups attached to an aromatic ring is 1. The molecule has 3 saturated heterocycles. The SMILES string of the molecule is Nc1nc2ccc(Cl)cc2n1C1CN2CCC1CC2. The Hall–Kier alpha value is -1.26. The van der Waals surface area contributed by atoms with Gasteiger partial charge in [0, 0.05) is 11.6 Å². The summed E-state index contributed by atoms with van der Waals surface area (Å²) < 4.78 is 2.21. The molecule has 0 radical (unpaired) electrons. The van der Waals surface area contributed by atoms with Gasteiger partial charge in [-0.25, -0.2) is 4.98 Å². The van der Waals surface area contributed by atoms with E-state index in [1.807, 2.05) is 18.2 Å². The van der Waals surface area contributed by atoms with Crippen LogP contribution in [0.5, 0.6) is 0 Å². The number of hydrogen-bond acceptors (Lipinski definition) is 3. The molecule has 2 bridgehead atoms. The van der Waals surface area contributed by atoms with Crippen LogP contribution in [0.25, 0.3) is 11.0 Å². The van der Waals surface area contributed by atoms with Gasteiger partial charge in [-0.05, 0) is 50.0 Å². The van der Waals surface area contributed by atoms with Gasteiger partial charge >= 0.3 is 0 Å². The molecule has 100 valence electrons. The Balaban J connectivity index is 1.86. The van der Waals surface area contributed by atoms with E-state index in [1.54, 1.807) is 0 Å². The molecular weight excluding hydrogens is 260 g/mol. The number of piperidine rings is 3. The summed E-state index contributed by atoms with van der Waals surface area (Å²) >= 11 is 6.13. The molecule has 4 nitrogen and oxygen atoms in total. The molecule has 1 aromatic carbocycles. The van der Waals surface area contributed by atoms with Crippen molar-refractivity contribution in [3.8, 4) is 0 Å². The summed E-state index contributed by atoms with van der Waals surface area (Å²) in [6.07, 6.45) is 2.54. The first-order valence-corrected chi connectivity index (χ1v) is 7.25. The Morgan fingerprint density at radius 1 is 1.26 bits per heavy atom. The number of anilines is 1. The van der Waals surface area contributed by atoms with Crippen molar-refractivity contribution in [3.05, 3.63) is 23.2 Å². The maximum absolute atomic E-state index is 6.16. The highest BCUT2D eigenvalue weighted by molar-refractivity contribution is 6.31. The van der Waals surface area contributed by atoms with Gasteiger partial charge in [-0.15, -0.1) is 0 Å². The standard InChI is InChI=1S/C14H17ClN4/c15-10-1-2-11-12(7-10)19(14(16)17-11)13-8-18-5-3-9(13)4-6-18/h1-2,7,9,13H,3-6,8H2,(H2,16,17). The monoisotopic (exact) mass is 276 g/mol. The lowest BCUT2D eigenvalue weighted by Gasteiger charge is -2.45. The Morgan fingerprint density at radius 3 is 2.74 bits per heavy atom. The van der Waals surface area contributed by atoms with Crippen molar-refractivity contribution in [1.29, 1.82) is 0 Å². The lowest BCUT2D eigenvalue weighted by atomic mass is 9.84. The first-order chi connectivity index (χ1) is 9.22. The smallest absolute Gasteiger partial charge is 0.201 e. The number of aromatic nitrogens is 2. The average Bonchev–Trinajstić information content (AvgIpc) is 2.75. The minimum Gasteiger partial charge on any atom is -0.369 e. The molecule has 2 aromatic rings. The fraction of sp³-hybridized carbons (Fsp3) is 0.500. The Bertz CT molecular complexity index is 628. The third-order valence-corrected chi connectivity index (χ3v) is 4.87. The van der Waals surface area contributed by atoms with Gasteiger partial charge in [-0.3, -0.25) is 0 Å². The van der Waals surface area contributed by atoms with E-state index in [0.717, 1.165) is 28.5 Å². The van der Waals surface area contributed by atoms with Crippen LogP contribution >= 0.6 is 11.6 Å². The molecule has 0 aliphatic carbocycles. The minimum atomic E-state index is 0.450. The molecule has 1 atom stereocenters. The molecule has 2 N–H and O–H groups in total. The molecule has 3 aliphatic rings. The zero-order chi connectivity index (χ0) is 13.0. The zero-order valence-electron chi connectivity index (χ0n) is 10.7. The summed E-state index contributed by atoms with van der Waals surface area (Å²) in [6.45, 7) is 3.55. The summed E-state index contributed by atoms with van der Waals surface area (Å²) in [4.78, 5) is 7.00. The number of halogens is 1. The van der Waals surface area contributed by atoms with E-state index in [1.165, 1.54) is 25.9 Å². The number of benzene rings is 1. The second-order valence-electron chi connectivity index (χ2n) is 5.68. The van der Waals surface area contributed by atoms with Gasteiger partial charge in [0.05, 0.1) is 17.1 Å². The summed E-state index contributed by atoms with van der Waals surface area (Å²) in [5, 5.41) is 0.745. The Morgan fingerprint density at radius 2 is 2.05 bits per heavy atom. The maximum Gasteiger partial charge on any atom is 0.201 e. The van der Waals surface area contributed by atoms with Gasteiger partial charge in [-0.2, -0.15) is 0 Å². The highest BCUT2D eigenvalue weighted by atomic mass is 35.5. The number of hydrogen-bond donors (Lipinski definition) is 1. The Labute approximate surface area is 117 Å². The molecule has 0 amide bonds. The van der Waals surface area contributed by atoms with Crippen molar-refractivity contribution in [2.45, 2.75) is 18.9 Å². The van der Waals surface area contributed by atoms with E-state index >= 15 is 0 Å². The van der Waals surface area contributed by atoms with Gasteiger partial charge < -0.3 is 15.2 Å². The largest absolute Gasteiger partial charge is 0.369 e. The van der Waals surface area contributed by atoms with E-state index in [-0.39, 0.29) is 0 Å². The van der Waals surface area contributed by atoms with E-state index in [9.17, 15) is 0 Å². The molecule has 5 rings (SSSR count). The number of nitrogens with zero attached hydrogens (tertiary/aromatic N) is 3. The maximum atomic E-state index is 6.16. The van der Waals surface area contributed by atoms with Crippen LogP contribution in [0.2, 0.25) is 5.02 Å². The topological polar surface area (TPSA) is 47.1 Å². The van der Waals surface area contributed by atoms with Gasteiger partial charge in [-0.1, -0.05) is 11.6 Å². The van der Waals surface area contributed by atoms with Crippen molar-refractivity contribution in [3.63, 3.8) is 0 Å². The Kier molecular flexibility index (Phi) is 2.50. The normalized spacial score (nSPS) is 30.1. The zero-order valence-corrected chi connectivity index (χ0v) is 11.5. The summed E-state index contributed by atoms with van der Waals surface area (Å²) in [6, 6.07) is 6.26. The number of nitrogens with two attached hydrogens (primary N) is 1. The summed E-state index contributed by atoms with van der Waals surface area (Å²) in [7, 11) is 0. The van der Waals surface area contributed by atoms with Gasteiger partial charge in [0.25, 0.3) is 0 Å². The molecule has 5 heteroatoms. The van der Waals surface area contributed by atoms with Crippen molar-refractivity contribution >= 4 is 28.6 Å². The second-order valence-corrected chi connectivity index (χ2v) is 6.11. The van der Waals surface area contributed by atoms with Crippen molar-refractivity contribution in [2.75, 3.05) is 25.4 Å². The van der Waals surface area contributed by atoms with Crippen LogP contribution in [0.4, 0.5) is 5.95 Å². The van der Waals surface area contributed by atoms with Crippen LogP contribution in [0.3, 0.4) is 0 Å². The average molecular weight is 277 g/mol. The predicted molar refractivity (Wildman–Crippen MR) is 77.4 cm³/mol. The second kappa shape index (κ2) is 4.12. The van der Waals surface area contributed by atoms with Crippen LogP contribution in [0.1, 0.15) is 18.9 Å². The molecule has 1 aromatic heterocycles. The molecule has 19 heavy (non-hydrogen) atoms. The van der Waals surface area contributed by atoms with Crippen LogP contribution in [0, 0.1) is 5.92 Å². The molecule has 0 saturated carbocycles. The molecule has 0 spiro atoms. The van der Waals surface area contributed by atoms with E-state index in [4.69, 9.17) is 17.3 Å². The summed E-state index contributed by atoms with van der Waals surface area (Å²) in [5.74, 6) is 1.35. The molecule has 4 heterocycles. The third kappa shape index (κ3) is 1.74. The van der Waals surface area contributed by atoms with E-state index < -0.39 is 0 Å². The van der Waals surface area contributed by atoms with Crippen molar-refractivity contribution in [1.82, 2.24) is 14.5 Å². The third-order valence-electron chi connectivity index (χ3n) is 4.63. The number of imidazole rings is 1. The van der Waals surface area contributed by atoms with Gasteiger partial charge in [0.2, 0.25) is 5.95 Å². The fourth-order valence-corrected chi connectivity index (χ4v) is 3.83. The highest BCUT2D eigenvalue weighted by Gasteiger charge is 2.36. The quantitative estimate of drug-likeness (QED) is 0.871. The molecular formula is C14H17ClN4. The minimum absolute atomic E-state index is 0.450. The van der Waals surface area contributed by atoms with Crippen LogP contribution in [-0.2, 0) is 0 Å². The van der Waals surface area contributed by atoms with Crippen molar-refractivity contribution < 1.29 is 0 Å². The van der Waals surface area contributed by atoms with Crippen LogP contribution in [-0.4, -0.2) is 34.1 Å². The van der Waals surface area contributed by atoms with Gasteiger partial charge in [0.15, 0.2) is 0 Å².